The van der Waals surface area contributed by atoms with Crippen molar-refractivity contribution in [1.29, 1.82) is 0 Å². The molecule has 1 saturated heterocycles. The molecule has 2 aromatic carbocycles. The number of rotatable bonds is 3. The van der Waals surface area contributed by atoms with Crippen molar-refractivity contribution in [3.8, 4) is 11.4 Å². The minimum absolute atomic E-state index is 0.204. The van der Waals surface area contributed by atoms with Gasteiger partial charge in [0, 0.05) is 30.6 Å². The van der Waals surface area contributed by atoms with Crippen molar-refractivity contribution in [3.63, 3.8) is 0 Å². The minimum Gasteiger partial charge on any atom is -0.342 e. The Morgan fingerprint density at radius 1 is 0.968 bits per heavy atom. The lowest BCUT2D eigenvalue weighted by Gasteiger charge is -2.37. The van der Waals surface area contributed by atoms with Crippen LogP contribution in [0.4, 0.5) is 4.39 Å². The highest BCUT2D eigenvalue weighted by atomic mass is 19.1. The van der Waals surface area contributed by atoms with Gasteiger partial charge in [0.25, 0.3) is 0 Å². The molecule has 0 N–H and O–H groups in total. The standard InChI is InChI=1S/C26H30FN3O/c1-18-7-9-20(10-8-18)26(31)29-15-13-22(14-16-29)30-24-17-21(27)11-12-23(24)28-25(30)19-5-3-2-4-6-19/h2-6,11-12,17-18,20,22H,7-10,13-16H2,1H3. The van der Waals surface area contributed by atoms with E-state index in [0.717, 1.165) is 67.1 Å². The molecule has 3 aromatic rings. The fourth-order valence-electron chi connectivity index (χ4n) is 5.34. The normalized spacial score (nSPS) is 22.7. The highest BCUT2D eigenvalue weighted by molar-refractivity contribution is 5.81. The summed E-state index contributed by atoms with van der Waals surface area (Å²) in [5, 5.41) is 0. The van der Waals surface area contributed by atoms with Gasteiger partial charge in [-0.15, -0.1) is 0 Å². The van der Waals surface area contributed by atoms with Gasteiger partial charge in [-0.1, -0.05) is 37.3 Å². The predicted octanol–water partition coefficient (Wildman–Crippen LogP) is 5.83. The lowest BCUT2D eigenvalue weighted by molar-refractivity contribution is -0.138. The van der Waals surface area contributed by atoms with E-state index in [1.165, 1.54) is 18.9 Å². The van der Waals surface area contributed by atoms with Gasteiger partial charge in [-0.2, -0.15) is 0 Å². The number of amides is 1. The largest absolute Gasteiger partial charge is 0.342 e. The summed E-state index contributed by atoms with van der Waals surface area (Å²) in [6, 6.07) is 15.1. The smallest absolute Gasteiger partial charge is 0.225 e. The molecule has 31 heavy (non-hydrogen) atoms. The first-order valence-electron chi connectivity index (χ1n) is 11.6. The monoisotopic (exact) mass is 419 g/mol. The molecule has 1 aliphatic carbocycles. The lowest BCUT2D eigenvalue weighted by atomic mass is 9.82. The summed E-state index contributed by atoms with van der Waals surface area (Å²) in [6.07, 6.45) is 6.14. The molecule has 0 spiro atoms. The first kappa shape index (κ1) is 20.2. The average molecular weight is 420 g/mol. The molecule has 0 radical (unpaired) electrons. The van der Waals surface area contributed by atoms with E-state index < -0.39 is 0 Å². The van der Waals surface area contributed by atoms with Crippen LogP contribution >= 0.6 is 0 Å². The van der Waals surface area contributed by atoms with Crippen LogP contribution in [0.3, 0.4) is 0 Å². The summed E-state index contributed by atoms with van der Waals surface area (Å²) in [4.78, 5) is 20.0. The Morgan fingerprint density at radius 2 is 1.68 bits per heavy atom. The number of aromatic nitrogens is 2. The number of carbonyl (C=O) groups is 1. The third kappa shape index (κ3) is 3.98. The number of piperidine rings is 1. The number of hydrogen-bond donors (Lipinski definition) is 0. The van der Waals surface area contributed by atoms with Crippen molar-refractivity contribution in [1.82, 2.24) is 14.5 Å². The van der Waals surface area contributed by atoms with Gasteiger partial charge >= 0.3 is 0 Å². The Balaban J connectivity index is 1.39. The maximum atomic E-state index is 14.1. The lowest BCUT2D eigenvalue weighted by Crippen LogP contribution is -2.43. The van der Waals surface area contributed by atoms with Crippen molar-refractivity contribution >= 4 is 16.9 Å². The van der Waals surface area contributed by atoms with Crippen LogP contribution in [0.1, 0.15) is 51.5 Å². The van der Waals surface area contributed by atoms with Crippen molar-refractivity contribution < 1.29 is 9.18 Å². The minimum atomic E-state index is -0.243. The summed E-state index contributed by atoms with van der Waals surface area (Å²) >= 11 is 0. The average Bonchev–Trinajstić information content (AvgIpc) is 3.18. The Morgan fingerprint density at radius 3 is 2.39 bits per heavy atom. The predicted molar refractivity (Wildman–Crippen MR) is 121 cm³/mol. The molecular formula is C26H30FN3O. The highest BCUT2D eigenvalue weighted by Crippen LogP contribution is 2.35. The Kier molecular flexibility index (Phi) is 5.51. The van der Waals surface area contributed by atoms with Crippen LogP contribution in [0, 0.1) is 17.7 Å². The van der Waals surface area contributed by atoms with Crippen LogP contribution in [0.5, 0.6) is 0 Å². The molecule has 1 saturated carbocycles. The fourth-order valence-corrected chi connectivity index (χ4v) is 5.34. The van der Waals surface area contributed by atoms with E-state index in [-0.39, 0.29) is 17.8 Å². The summed E-state index contributed by atoms with van der Waals surface area (Å²) in [5.74, 6) is 1.94. The van der Waals surface area contributed by atoms with Gasteiger partial charge in [0.2, 0.25) is 5.91 Å². The number of imidazole rings is 1. The van der Waals surface area contributed by atoms with Gasteiger partial charge in [-0.3, -0.25) is 4.79 Å². The first-order chi connectivity index (χ1) is 15.1. The van der Waals surface area contributed by atoms with Crippen molar-refractivity contribution in [3.05, 3.63) is 54.3 Å². The summed E-state index contributed by atoms with van der Waals surface area (Å²) in [7, 11) is 0. The highest BCUT2D eigenvalue weighted by Gasteiger charge is 2.32. The van der Waals surface area contributed by atoms with Crippen molar-refractivity contribution in [2.45, 2.75) is 51.5 Å². The zero-order chi connectivity index (χ0) is 21.4. The van der Waals surface area contributed by atoms with E-state index in [1.54, 1.807) is 12.1 Å². The number of carbonyl (C=O) groups excluding carboxylic acids is 1. The van der Waals surface area contributed by atoms with Gasteiger partial charge in [-0.25, -0.2) is 9.37 Å². The molecule has 1 aromatic heterocycles. The van der Waals surface area contributed by atoms with E-state index >= 15 is 0 Å². The van der Waals surface area contributed by atoms with Crippen LogP contribution in [0.15, 0.2) is 48.5 Å². The third-order valence-electron chi connectivity index (χ3n) is 7.19. The molecule has 0 unspecified atom stereocenters. The Hall–Kier alpha value is -2.69. The van der Waals surface area contributed by atoms with E-state index in [1.807, 2.05) is 18.2 Å². The third-order valence-corrected chi connectivity index (χ3v) is 7.19. The van der Waals surface area contributed by atoms with Gasteiger partial charge in [0.15, 0.2) is 0 Å². The van der Waals surface area contributed by atoms with Crippen molar-refractivity contribution in [2.75, 3.05) is 13.1 Å². The van der Waals surface area contributed by atoms with E-state index in [0.29, 0.717) is 5.91 Å². The molecular weight excluding hydrogens is 389 g/mol. The van der Waals surface area contributed by atoms with Crippen LogP contribution in [-0.4, -0.2) is 33.4 Å². The van der Waals surface area contributed by atoms with E-state index in [2.05, 4.69) is 28.5 Å². The SMILES string of the molecule is CC1CCC(C(=O)N2CCC(n3c(-c4ccccc4)nc4ccc(F)cc43)CC2)CC1. The number of nitrogens with zero attached hydrogens (tertiary/aromatic N) is 3. The summed E-state index contributed by atoms with van der Waals surface area (Å²) in [6.45, 7) is 3.81. The van der Waals surface area contributed by atoms with Gasteiger partial charge in [0.05, 0.1) is 11.0 Å². The Labute approximate surface area is 183 Å². The maximum Gasteiger partial charge on any atom is 0.225 e. The molecule has 2 aliphatic rings. The van der Waals surface area contributed by atoms with Gasteiger partial charge in [-0.05, 0) is 62.6 Å². The molecule has 4 nitrogen and oxygen atoms in total. The molecule has 5 heteroatoms. The van der Waals surface area contributed by atoms with E-state index in [9.17, 15) is 9.18 Å². The first-order valence-corrected chi connectivity index (χ1v) is 11.6. The molecule has 0 atom stereocenters. The zero-order valence-electron chi connectivity index (χ0n) is 18.1. The van der Waals surface area contributed by atoms with Crippen LogP contribution in [0.25, 0.3) is 22.4 Å². The number of halogens is 1. The Bertz CT molecular complexity index is 1060. The van der Waals surface area contributed by atoms with Crippen molar-refractivity contribution in [2.24, 2.45) is 11.8 Å². The zero-order valence-corrected chi connectivity index (χ0v) is 18.1. The maximum absolute atomic E-state index is 14.1. The molecule has 2 fully saturated rings. The fraction of sp³-hybridized carbons (Fsp3) is 0.462. The molecule has 1 amide bonds. The van der Waals surface area contributed by atoms with Gasteiger partial charge < -0.3 is 9.47 Å². The second-order valence-corrected chi connectivity index (χ2v) is 9.32. The van der Waals surface area contributed by atoms with E-state index in [4.69, 9.17) is 4.98 Å². The topological polar surface area (TPSA) is 38.1 Å². The number of fused-ring (bicyclic) bond motifs is 1. The second-order valence-electron chi connectivity index (χ2n) is 9.32. The number of likely N-dealkylation sites (tertiary alicyclic amines) is 1. The van der Waals surface area contributed by atoms with Crippen LogP contribution < -0.4 is 0 Å². The number of hydrogen-bond acceptors (Lipinski definition) is 2. The van der Waals surface area contributed by atoms with Crippen LogP contribution in [-0.2, 0) is 4.79 Å². The quantitative estimate of drug-likeness (QED) is 0.535. The van der Waals surface area contributed by atoms with Crippen LogP contribution in [0.2, 0.25) is 0 Å². The molecule has 1 aliphatic heterocycles. The summed E-state index contributed by atoms with van der Waals surface area (Å²) in [5.41, 5.74) is 2.69. The summed E-state index contributed by atoms with van der Waals surface area (Å²) < 4.78 is 16.3. The molecule has 162 valence electrons. The molecule has 2 heterocycles. The van der Waals surface area contributed by atoms with Gasteiger partial charge in [0.1, 0.15) is 11.6 Å². The number of benzene rings is 2. The molecule has 5 rings (SSSR count). The molecule has 0 bridgehead atoms. The second kappa shape index (κ2) is 8.45.